The third-order valence-corrected chi connectivity index (χ3v) is 7.56. The van der Waals surface area contributed by atoms with E-state index in [1.165, 1.54) is 11.8 Å². The summed E-state index contributed by atoms with van der Waals surface area (Å²) in [6, 6.07) is 0. The second kappa shape index (κ2) is 6.56. The Morgan fingerprint density at radius 1 is 1.29 bits per heavy atom. The van der Waals surface area contributed by atoms with E-state index in [4.69, 9.17) is 0 Å². The lowest BCUT2D eigenvalue weighted by molar-refractivity contribution is -0.148. The fourth-order valence-electron chi connectivity index (χ4n) is 2.92. The Labute approximate surface area is 129 Å². The van der Waals surface area contributed by atoms with Crippen LogP contribution in [0, 0.1) is 5.41 Å². The molecule has 0 aromatic heterocycles. The maximum Gasteiger partial charge on any atom is 0.311 e. The van der Waals surface area contributed by atoms with Crippen LogP contribution < -0.4 is 5.32 Å². The third kappa shape index (κ3) is 4.35. The maximum absolute atomic E-state index is 11.8. The number of thioether (sulfide) groups is 1. The van der Waals surface area contributed by atoms with E-state index in [1.807, 2.05) is 0 Å². The van der Waals surface area contributed by atoms with Crippen LogP contribution in [0.2, 0.25) is 0 Å². The highest BCUT2D eigenvalue weighted by Gasteiger charge is 2.41. The van der Waals surface area contributed by atoms with Gasteiger partial charge in [-0.1, -0.05) is 12.8 Å². The zero-order valence-corrected chi connectivity index (χ0v) is 13.5. The summed E-state index contributed by atoms with van der Waals surface area (Å²) in [5, 5.41) is 12.0. The van der Waals surface area contributed by atoms with Crippen molar-refractivity contribution in [1.29, 1.82) is 0 Å². The number of aliphatic carboxylic acids is 1. The average Bonchev–Trinajstić information content (AvgIpc) is 3.01. The predicted octanol–water partition coefficient (Wildman–Crippen LogP) is 0.668. The van der Waals surface area contributed by atoms with Crippen LogP contribution in [0.15, 0.2) is 0 Å². The minimum absolute atomic E-state index is 0.0133. The molecule has 2 aliphatic rings. The minimum atomic E-state index is -2.92. The van der Waals surface area contributed by atoms with Crippen molar-refractivity contribution < 1.29 is 23.1 Å². The van der Waals surface area contributed by atoms with Gasteiger partial charge in [0.05, 0.1) is 22.7 Å². The molecule has 2 fully saturated rings. The normalized spacial score (nSPS) is 26.6. The van der Waals surface area contributed by atoms with E-state index in [0.717, 1.165) is 12.8 Å². The van der Waals surface area contributed by atoms with E-state index >= 15 is 0 Å². The fraction of sp³-hybridized carbons (Fsp3) is 0.846. The molecule has 21 heavy (non-hydrogen) atoms. The van der Waals surface area contributed by atoms with Crippen molar-refractivity contribution in [2.24, 2.45) is 5.41 Å². The molecule has 1 aliphatic heterocycles. The van der Waals surface area contributed by atoms with Crippen molar-refractivity contribution in [3.8, 4) is 0 Å². The molecule has 1 heterocycles. The zero-order chi connectivity index (χ0) is 15.5. The van der Waals surface area contributed by atoms with E-state index in [-0.39, 0.29) is 35.0 Å². The molecule has 1 atom stereocenters. The lowest BCUT2D eigenvalue weighted by atomic mass is 9.86. The largest absolute Gasteiger partial charge is 0.481 e. The van der Waals surface area contributed by atoms with Gasteiger partial charge in [-0.25, -0.2) is 8.42 Å². The average molecular weight is 335 g/mol. The number of carbonyl (C=O) groups is 2. The van der Waals surface area contributed by atoms with Crippen molar-refractivity contribution in [1.82, 2.24) is 5.32 Å². The lowest BCUT2D eigenvalue weighted by Crippen LogP contribution is -2.42. The highest BCUT2D eigenvalue weighted by atomic mass is 32.2. The number of carboxylic acids is 1. The fourth-order valence-corrected chi connectivity index (χ4v) is 6.40. The number of amides is 1. The molecule has 120 valence electrons. The zero-order valence-electron chi connectivity index (χ0n) is 11.8. The molecule has 1 saturated carbocycles. The molecule has 8 heteroatoms. The van der Waals surface area contributed by atoms with Crippen LogP contribution in [-0.2, 0) is 19.4 Å². The van der Waals surface area contributed by atoms with Crippen LogP contribution >= 0.6 is 11.8 Å². The van der Waals surface area contributed by atoms with Gasteiger partial charge in [-0.3, -0.25) is 9.59 Å². The Morgan fingerprint density at radius 3 is 2.48 bits per heavy atom. The first-order chi connectivity index (χ1) is 9.83. The topological polar surface area (TPSA) is 101 Å². The first-order valence-corrected chi connectivity index (χ1v) is 10.0. The Hall–Kier alpha value is -0.760. The van der Waals surface area contributed by atoms with Gasteiger partial charge in [0.25, 0.3) is 0 Å². The molecular weight excluding hydrogens is 314 g/mol. The third-order valence-electron chi connectivity index (χ3n) is 4.28. The Kier molecular flexibility index (Phi) is 5.19. The van der Waals surface area contributed by atoms with Crippen molar-refractivity contribution in [3.63, 3.8) is 0 Å². The maximum atomic E-state index is 11.8. The number of hydrogen-bond donors (Lipinski definition) is 2. The quantitative estimate of drug-likeness (QED) is 0.740. The molecule has 0 bridgehead atoms. The highest BCUT2D eigenvalue weighted by molar-refractivity contribution is 8.02. The van der Waals surface area contributed by atoms with Crippen LogP contribution in [0.25, 0.3) is 0 Å². The van der Waals surface area contributed by atoms with Crippen molar-refractivity contribution in [2.45, 2.75) is 37.4 Å². The molecule has 0 aromatic rings. The number of rotatable bonds is 6. The lowest BCUT2D eigenvalue weighted by Gasteiger charge is -2.24. The smallest absolute Gasteiger partial charge is 0.311 e. The summed E-state index contributed by atoms with van der Waals surface area (Å²) in [6.07, 6.45) is 3.58. The molecule has 0 aromatic carbocycles. The highest BCUT2D eigenvalue weighted by Crippen LogP contribution is 2.37. The molecule has 6 nitrogen and oxygen atoms in total. The summed E-state index contributed by atoms with van der Waals surface area (Å²) in [6.45, 7) is 0.171. The summed E-state index contributed by atoms with van der Waals surface area (Å²) in [5.41, 5.74) is -0.809. The molecule has 0 spiro atoms. The summed E-state index contributed by atoms with van der Waals surface area (Å²) in [4.78, 5) is 23.2. The van der Waals surface area contributed by atoms with Gasteiger partial charge >= 0.3 is 5.97 Å². The predicted molar refractivity (Wildman–Crippen MR) is 81.1 cm³/mol. The molecule has 1 amide bonds. The van der Waals surface area contributed by atoms with Crippen LogP contribution in [0.4, 0.5) is 0 Å². The van der Waals surface area contributed by atoms with Crippen LogP contribution in [0.5, 0.6) is 0 Å². The molecule has 2 rings (SSSR count). The molecule has 1 unspecified atom stereocenters. The second-order valence-corrected chi connectivity index (χ2v) is 9.42. The number of carbonyl (C=O) groups excluding carboxylic acids is 1. The van der Waals surface area contributed by atoms with Crippen molar-refractivity contribution in [2.75, 3.05) is 23.8 Å². The minimum Gasteiger partial charge on any atom is -0.481 e. The molecule has 1 aliphatic carbocycles. The standard InChI is InChI=1S/C13H21NO5S2/c15-11(7-20-10-3-6-21(18,19)8-10)14-9-13(12(16)17)4-1-2-5-13/h10H,1-9H2,(H,14,15)(H,16,17). The van der Waals surface area contributed by atoms with Gasteiger partial charge in [0.1, 0.15) is 0 Å². The van der Waals surface area contributed by atoms with Crippen molar-refractivity contribution in [3.05, 3.63) is 0 Å². The second-order valence-electron chi connectivity index (χ2n) is 5.91. The van der Waals surface area contributed by atoms with Gasteiger partial charge in [-0.2, -0.15) is 0 Å². The van der Waals surface area contributed by atoms with Crippen LogP contribution in [-0.4, -0.2) is 54.5 Å². The van der Waals surface area contributed by atoms with Crippen molar-refractivity contribution >= 4 is 33.5 Å². The van der Waals surface area contributed by atoms with E-state index in [2.05, 4.69) is 5.32 Å². The van der Waals surface area contributed by atoms with E-state index in [1.54, 1.807) is 0 Å². The van der Waals surface area contributed by atoms with E-state index in [0.29, 0.717) is 19.3 Å². The van der Waals surface area contributed by atoms with Crippen LogP contribution in [0.1, 0.15) is 32.1 Å². The molecule has 1 saturated heterocycles. The summed E-state index contributed by atoms with van der Waals surface area (Å²) in [7, 11) is -2.92. The molecule has 0 radical (unpaired) electrons. The Balaban J connectivity index is 1.74. The number of hydrogen-bond acceptors (Lipinski definition) is 5. The Bertz CT molecular complexity index is 511. The summed E-state index contributed by atoms with van der Waals surface area (Å²) >= 11 is 1.35. The monoisotopic (exact) mass is 335 g/mol. The first-order valence-electron chi connectivity index (χ1n) is 7.15. The van der Waals surface area contributed by atoms with Gasteiger partial charge in [-0.15, -0.1) is 11.8 Å². The number of carboxylic acid groups (broad SMARTS) is 1. The van der Waals surface area contributed by atoms with Crippen LogP contribution in [0.3, 0.4) is 0 Å². The van der Waals surface area contributed by atoms with E-state index in [9.17, 15) is 23.1 Å². The van der Waals surface area contributed by atoms with E-state index < -0.39 is 21.2 Å². The number of sulfone groups is 1. The number of nitrogens with one attached hydrogen (secondary N) is 1. The molecule has 2 N–H and O–H groups in total. The van der Waals surface area contributed by atoms with Gasteiger partial charge in [0.15, 0.2) is 9.84 Å². The van der Waals surface area contributed by atoms with Gasteiger partial charge in [0, 0.05) is 11.8 Å². The van der Waals surface area contributed by atoms with Gasteiger partial charge in [-0.05, 0) is 19.3 Å². The van der Waals surface area contributed by atoms with Gasteiger partial charge in [0.2, 0.25) is 5.91 Å². The summed E-state index contributed by atoms with van der Waals surface area (Å²) < 4.78 is 22.6. The first kappa shape index (κ1) is 16.6. The summed E-state index contributed by atoms with van der Waals surface area (Å²) in [5.74, 6) is -0.513. The Morgan fingerprint density at radius 2 is 1.95 bits per heavy atom. The van der Waals surface area contributed by atoms with Gasteiger partial charge < -0.3 is 10.4 Å². The molecular formula is C13H21NO5S2. The SMILES string of the molecule is O=C(CSC1CCS(=O)(=O)C1)NCC1(C(=O)O)CCCC1.